The first-order valence-electron chi connectivity index (χ1n) is 9.80. The Bertz CT molecular complexity index is 1080. The normalized spacial score (nSPS) is 14.7. The van der Waals surface area contributed by atoms with Crippen LogP contribution in [0, 0.1) is 12.7 Å². The predicted octanol–water partition coefficient (Wildman–Crippen LogP) is 5.42. The molecule has 0 unspecified atom stereocenters. The Kier molecular flexibility index (Phi) is 6.09. The number of nitrogens with zero attached hydrogens (tertiary/aromatic N) is 3. The van der Waals surface area contributed by atoms with Gasteiger partial charge in [-0.25, -0.2) is 14.4 Å². The van der Waals surface area contributed by atoms with Crippen LogP contribution in [-0.4, -0.2) is 33.6 Å². The molecule has 0 aliphatic carbocycles. The number of carbonyl (C=O) groups excluding carboxylic acids is 1. The van der Waals surface area contributed by atoms with Crippen molar-refractivity contribution in [3.63, 3.8) is 0 Å². The lowest BCUT2D eigenvalue weighted by molar-refractivity contribution is 0.0744. The maximum atomic E-state index is 14.7. The lowest BCUT2D eigenvalue weighted by atomic mass is 10.2. The number of benzene rings is 2. The molecule has 1 fully saturated rings. The summed E-state index contributed by atoms with van der Waals surface area (Å²) in [5.41, 5.74) is 4.78. The zero-order chi connectivity index (χ0) is 21.3. The quantitative estimate of drug-likeness (QED) is 0.581. The smallest absolute Gasteiger partial charge is 0.286 e. The number of amides is 1. The second kappa shape index (κ2) is 8.76. The van der Waals surface area contributed by atoms with Gasteiger partial charge in [0, 0.05) is 28.8 Å². The monoisotopic (exact) mass is 446 g/mol. The summed E-state index contributed by atoms with van der Waals surface area (Å²) in [6.07, 6.45) is 3.25. The Balaban J connectivity index is 1.80. The van der Waals surface area contributed by atoms with Crippen LogP contribution in [0.1, 0.15) is 35.4 Å². The lowest BCUT2D eigenvalue weighted by Crippen LogP contribution is -2.45. The molecular formula is C22H21Cl2FN4O. The van der Waals surface area contributed by atoms with Crippen LogP contribution in [0.25, 0.3) is 17.1 Å². The highest BCUT2D eigenvalue weighted by atomic mass is 35.5. The highest BCUT2D eigenvalue weighted by Crippen LogP contribution is 2.30. The number of hydrazine groups is 1. The van der Waals surface area contributed by atoms with Gasteiger partial charge in [-0.3, -0.25) is 14.8 Å². The standard InChI is InChI=1S/C22H21Cl2FN4O/c1-14-20(22(30)27-28-11-3-2-4-12-28)26-21(18-10-7-16(24)13-19(18)25)29(14)17-8-5-15(23)6-9-17/h5-10,13H,2-4,11-12H2,1H3,(H,27,30). The van der Waals surface area contributed by atoms with Gasteiger partial charge in [-0.05, 0) is 62.2 Å². The van der Waals surface area contributed by atoms with Gasteiger partial charge in [0.05, 0.1) is 11.3 Å². The number of hydrogen-bond donors (Lipinski definition) is 1. The minimum absolute atomic E-state index is 0.250. The highest BCUT2D eigenvalue weighted by Gasteiger charge is 2.25. The average Bonchev–Trinajstić information content (AvgIpc) is 3.06. The molecule has 1 saturated heterocycles. The molecule has 156 valence electrons. The van der Waals surface area contributed by atoms with E-state index in [1.165, 1.54) is 6.07 Å². The van der Waals surface area contributed by atoms with Gasteiger partial charge in [0.2, 0.25) is 0 Å². The van der Waals surface area contributed by atoms with E-state index in [0.29, 0.717) is 21.6 Å². The Morgan fingerprint density at radius 1 is 1.03 bits per heavy atom. The number of halogens is 3. The van der Waals surface area contributed by atoms with Crippen molar-refractivity contribution in [2.45, 2.75) is 26.2 Å². The number of aromatic nitrogens is 2. The molecule has 0 bridgehead atoms. The third-order valence-electron chi connectivity index (χ3n) is 5.20. The molecule has 5 nitrogen and oxygen atoms in total. The molecule has 2 aromatic carbocycles. The van der Waals surface area contributed by atoms with Gasteiger partial charge < -0.3 is 0 Å². The molecule has 1 N–H and O–H groups in total. The second-order valence-corrected chi connectivity index (χ2v) is 8.17. The fourth-order valence-electron chi connectivity index (χ4n) is 3.68. The van der Waals surface area contributed by atoms with Crippen LogP contribution in [0.5, 0.6) is 0 Å². The van der Waals surface area contributed by atoms with Crippen LogP contribution in [0.2, 0.25) is 10.0 Å². The zero-order valence-electron chi connectivity index (χ0n) is 16.5. The third kappa shape index (κ3) is 4.21. The van der Waals surface area contributed by atoms with Crippen molar-refractivity contribution in [2.24, 2.45) is 0 Å². The topological polar surface area (TPSA) is 50.2 Å². The van der Waals surface area contributed by atoms with Gasteiger partial charge in [-0.1, -0.05) is 29.6 Å². The summed E-state index contributed by atoms with van der Waals surface area (Å²) in [5, 5.41) is 2.79. The van der Waals surface area contributed by atoms with E-state index in [9.17, 15) is 9.18 Å². The first-order chi connectivity index (χ1) is 14.4. The SMILES string of the molecule is Cc1c(C(=O)NN2CCCCC2)nc(-c2ccc(Cl)cc2F)n1-c1ccc(Cl)cc1. The summed E-state index contributed by atoms with van der Waals surface area (Å²) in [7, 11) is 0. The van der Waals surface area contributed by atoms with E-state index < -0.39 is 5.82 Å². The number of piperidine rings is 1. The van der Waals surface area contributed by atoms with Crippen LogP contribution in [0.3, 0.4) is 0 Å². The van der Waals surface area contributed by atoms with Gasteiger partial charge in [0.1, 0.15) is 11.6 Å². The fraction of sp³-hybridized carbons (Fsp3) is 0.273. The van der Waals surface area contributed by atoms with Crippen molar-refractivity contribution in [1.29, 1.82) is 0 Å². The summed E-state index contributed by atoms with van der Waals surface area (Å²) in [6, 6.07) is 11.5. The van der Waals surface area contributed by atoms with E-state index in [-0.39, 0.29) is 17.2 Å². The van der Waals surface area contributed by atoms with Crippen LogP contribution in [0.15, 0.2) is 42.5 Å². The summed E-state index contributed by atoms with van der Waals surface area (Å²) < 4.78 is 16.5. The Morgan fingerprint density at radius 2 is 1.70 bits per heavy atom. The molecule has 1 aromatic heterocycles. The maximum absolute atomic E-state index is 14.7. The van der Waals surface area contributed by atoms with Crippen molar-refractivity contribution in [3.8, 4) is 17.1 Å². The molecule has 4 rings (SSSR count). The minimum Gasteiger partial charge on any atom is -0.296 e. The van der Waals surface area contributed by atoms with Gasteiger partial charge in [-0.15, -0.1) is 0 Å². The minimum atomic E-state index is -0.509. The van der Waals surface area contributed by atoms with Crippen LogP contribution < -0.4 is 5.43 Å². The van der Waals surface area contributed by atoms with Gasteiger partial charge >= 0.3 is 0 Å². The van der Waals surface area contributed by atoms with E-state index in [0.717, 1.165) is 38.0 Å². The number of nitrogens with one attached hydrogen (secondary N) is 1. The number of carbonyl (C=O) groups is 1. The molecule has 8 heteroatoms. The third-order valence-corrected chi connectivity index (χ3v) is 5.68. The molecule has 0 spiro atoms. The summed E-state index contributed by atoms with van der Waals surface area (Å²) in [5.74, 6) is -0.490. The lowest BCUT2D eigenvalue weighted by Gasteiger charge is -2.26. The molecule has 3 aromatic rings. The second-order valence-electron chi connectivity index (χ2n) is 7.29. The molecule has 0 radical (unpaired) electrons. The molecular weight excluding hydrogens is 426 g/mol. The number of imidazole rings is 1. The average molecular weight is 447 g/mol. The van der Waals surface area contributed by atoms with E-state index in [2.05, 4.69) is 10.4 Å². The first-order valence-corrected chi connectivity index (χ1v) is 10.6. The molecule has 30 heavy (non-hydrogen) atoms. The molecule has 0 saturated carbocycles. The Labute approximate surface area is 184 Å². The highest BCUT2D eigenvalue weighted by molar-refractivity contribution is 6.30. The maximum Gasteiger partial charge on any atom is 0.286 e. The van der Waals surface area contributed by atoms with Gasteiger partial charge in [0.15, 0.2) is 5.69 Å². The molecule has 1 aliphatic heterocycles. The molecule has 1 amide bonds. The Hall–Kier alpha value is -2.41. The van der Waals surface area contributed by atoms with E-state index in [1.807, 2.05) is 5.01 Å². The van der Waals surface area contributed by atoms with Gasteiger partial charge in [0.25, 0.3) is 5.91 Å². The van der Waals surface area contributed by atoms with E-state index >= 15 is 0 Å². The van der Waals surface area contributed by atoms with Crippen LogP contribution in [0.4, 0.5) is 4.39 Å². The number of rotatable bonds is 4. The summed E-state index contributed by atoms with van der Waals surface area (Å²) in [6.45, 7) is 3.41. The Morgan fingerprint density at radius 3 is 2.37 bits per heavy atom. The zero-order valence-corrected chi connectivity index (χ0v) is 18.0. The first kappa shape index (κ1) is 20.8. The fourth-order valence-corrected chi connectivity index (χ4v) is 3.96. The van der Waals surface area contributed by atoms with Crippen LogP contribution in [-0.2, 0) is 0 Å². The van der Waals surface area contributed by atoms with Crippen molar-refractivity contribution in [1.82, 2.24) is 20.0 Å². The van der Waals surface area contributed by atoms with Crippen molar-refractivity contribution >= 4 is 29.1 Å². The van der Waals surface area contributed by atoms with E-state index in [4.69, 9.17) is 23.2 Å². The van der Waals surface area contributed by atoms with Crippen molar-refractivity contribution in [2.75, 3.05) is 13.1 Å². The van der Waals surface area contributed by atoms with Crippen molar-refractivity contribution in [3.05, 3.63) is 69.7 Å². The molecule has 2 heterocycles. The van der Waals surface area contributed by atoms with Crippen molar-refractivity contribution < 1.29 is 9.18 Å². The molecule has 0 atom stereocenters. The number of hydrogen-bond acceptors (Lipinski definition) is 3. The van der Waals surface area contributed by atoms with Crippen LogP contribution >= 0.6 is 23.2 Å². The summed E-state index contributed by atoms with van der Waals surface area (Å²) in [4.78, 5) is 17.5. The molecule has 1 aliphatic rings. The largest absolute Gasteiger partial charge is 0.296 e. The van der Waals surface area contributed by atoms with E-state index in [1.54, 1.807) is 47.9 Å². The predicted molar refractivity (Wildman–Crippen MR) is 117 cm³/mol. The van der Waals surface area contributed by atoms with Gasteiger partial charge in [-0.2, -0.15) is 0 Å². The summed E-state index contributed by atoms with van der Waals surface area (Å²) >= 11 is 12.0.